The molecule has 194 valence electrons. The van der Waals surface area contributed by atoms with Crippen LogP contribution in [-0.2, 0) is 26.2 Å². The van der Waals surface area contributed by atoms with Gasteiger partial charge in [-0.15, -0.1) is 0 Å². The number of carbonyl (C=O) groups is 2. The number of halogens is 2. The average Bonchev–Trinajstić information content (AvgIpc) is 2.87. The van der Waals surface area contributed by atoms with Gasteiger partial charge >= 0.3 is 12.1 Å². The molecular weight excluding hydrogens is 529 g/mol. The van der Waals surface area contributed by atoms with E-state index in [1.54, 1.807) is 24.3 Å². The van der Waals surface area contributed by atoms with Crippen LogP contribution in [0.15, 0.2) is 71.6 Å². The molecule has 4 rings (SSSR count). The molecule has 37 heavy (non-hydrogen) atoms. The van der Waals surface area contributed by atoms with Crippen molar-refractivity contribution in [2.45, 2.75) is 23.6 Å². The lowest BCUT2D eigenvalue weighted by Crippen LogP contribution is -2.54. The van der Waals surface area contributed by atoms with Gasteiger partial charge in [0.25, 0.3) is 10.0 Å². The largest absolute Gasteiger partial charge is 0.484 e. The molecular formula is C24H21ClFN3O7S. The first-order chi connectivity index (χ1) is 17.6. The van der Waals surface area contributed by atoms with Crippen LogP contribution >= 0.6 is 11.6 Å². The lowest BCUT2D eigenvalue weighted by Gasteiger charge is -2.37. The van der Waals surface area contributed by atoms with Gasteiger partial charge in [-0.05, 0) is 42.0 Å². The summed E-state index contributed by atoms with van der Waals surface area (Å²) in [5.41, 5.74) is 6.89. The van der Waals surface area contributed by atoms with Crippen LogP contribution in [0.4, 0.5) is 20.6 Å². The van der Waals surface area contributed by atoms with Crippen molar-refractivity contribution in [1.82, 2.24) is 0 Å². The number of carbonyl (C=O) groups excluding carboxylic acids is 1. The molecule has 1 amide bonds. The summed E-state index contributed by atoms with van der Waals surface area (Å²) in [6, 6.07) is 14.4. The van der Waals surface area contributed by atoms with Crippen LogP contribution in [0.25, 0.3) is 0 Å². The summed E-state index contributed by atoms with van der Waals surface area (Å²) < 4.78 is 52.9. The van der Waals surface area contributed by atoms with Crippen LogP contribution in [0.3, 0.4) is 0 Å². The summed E-state index contributed by atoms with van der Waals surface area (Å²) in [6.07, 6.45) is -2.53. The molecule has 2 unspecified atom stereocenters. The summed E-state index contributed by atoms with van der Waals surface area (Å²) in [7, 11) is -4.39. The summed E-state index contributed by atoms with van der Waals surface area (Å²) in [5.74, 6) is -1.60. The van der Waals surface area contributed by atoms with Crippen LogP contribution in [-0.4, -0.2) is 44.3 Å². The highest BCUT2D eigenvalue weighted by Gasteiger charge is 2.40. The standard InChI is InChI=1S/C24H21ClFN3O7S/c25-17-11-16(7-8-18(17)26)37(33,34)29-12-21(22(27)23(30)35-13-14-4-2-1-3-5-14)36-20-9-6-15(10-19(20)29)28-24(31)32/h1-11,21-22,28H,12-13,27H2,(H,31,32). The number of benzene rings is 3. The van der Waals surface area contributed by atoms with E-state index in [9.17, 15) is 22.4 Å². The molecule has 0 aromatic heterocycles. The zero-order chi connectivity index (χ0) is 26.7. The van der Waals surface area contributed by atoms with Crippen LogP contribution in [0.5, 0.6) is 5.75 Å². The van der Waals surface area contributed by atoms with E-state index in [4.69, 9.17) is 31.9 Å². The molecule has 0 bridgehead atoms. The minimum absolute atomic E-state index is 0.0206. The second-order valence-corrected chi connectivity index (χ2v) is 10.3. The Morgan fingerprint density at radius 1 is 1.19 bits per heavy atom. The first-order valence-corrected chi connectivity index (χ1v) is 12.6. The number of nitrogens with one attached hydrogen (secondary N) is 1. The molecule has 0 saturated heterocycles. The zero-order valence-corrected chi connectivity index (χ0v) is 20.6. The number of rotatable bonds is 7. The number of nitrogens with zero attached hydrogens (tertiary/aromatic N) is 1. The summed E-state index contributed by atoms with van der Waals surface area (Å²) in [6.45, 7) is -0.473. The Morgan fingerprint density at radius 3 is 2.59 bits per heavy atom. The van der Waals surface area contributed by atoms with Gasteiger partial charge in [-0.1, -0.05) is 41.9 Å². The predicted octanol–water partition coefficient (Wildman–Crippen LogP) is 3.60. The van der Waals surface area contributed by atoms with E-state index in [-0.39, 0.29) is 28.6 Å². The number of nitrogens with two attached hydrogens (primary N) is 1. The molecule has 0 radical (unpaired) electrons. The lowest BCUT2D eigenvalue weighted by atomic mass is 10.1. The van der Waals surface area contributed by atoms with E-state index in [0.29, 0.717) is 0 Å². The van der Waals surface area contributed by atoms with Gasteiger partial charge in [0.2, 0.25) is 0 Å². The maximum atomic E-state index is 13.7. The molecule has 0 spiro atoms. The second kappa shape index (κ2) is 10.6. The summed E-state index contributed by atoms with van der Waals surface area (Å²) in [5, 5.41) is 10.8. The first-order valence-electron chi connectivity index (χ1n) is 10.8. The van der Waals surface area contributed by atoms with E-state index in [1.165, 1.54) is 18.2 Å². The Hall–Kier alpha value is -3.87. The highest BCUT2D eigenvalue weighted by atomic mass is 35.5. The van der Waals surface area contributed by atoms with E-state index < -0.39 is 51.6 Å². The van der Waals surface area contributed by atoms with Crippen molar-refractivity contribution in [2.75, 3.05) is 16.2 Å². The Labute approximate surface area is 216 Å². The fourth-order valence-corrected chi connectivity index (χ4v) is 5.38. The zero-order valence-electron chi connectivity index (χ0n) is 19.0. The molecule has 13 heteroatoms. The van der Waals surface area contributed by atoms with Gasteiger partial charge in [-0.25, -0.2) is 17.6 Å². The van der Waals surface area contributed by atoms with Gasteiger partial charge in [0.05, 0.1) is 22.2 Å². The van der Waals surface area contributed by atoms with Gasteiger partial charge < -0.3 is 20.3 Å². The molecule has 0 aliphatic carbocycles. The van der Waals surface area contributed by atoms with Gasteiger partial charge in [-0.3, -0.25) is 14.4 Å². The maximum absolute atomic E-state index is 13.7. The Morgan fingerprint density at radius 2 is 1.92 bits per heavy atom. The number of carboxylic acid groups (broad SMARTS) is 1. The highest BCUT2D eigenvalue weighted by Crippen LogP contribution is 2.40. The smallest absolute Gasteiger partial charge is 0.409 e. The molecule has 0 fully saturated rings. The maximum Gasteiger partial charge on any atom is 0.409 e. The van der Waals surface area contributed by atoms with Crippen LogP contribution in [0.1, 0.15) is 5.56 Å². The number of sulfonamides is 1. The SMILES string of the molecule is NC(C(=O)OCc1ccccc1)C1CN(S(=O)(=O)c2ccc(F)c(Cl)c2)c2cc(NC(=O)O)ccc2O1. The molecule has 1 aliphatic rings. The number of fused-ring (bicyclic) bond motifs is 1. The van der Waals surface area contributed by atoms with Gasteiger partial charge in [0.1, 0.15) is 30.3 Å². The van der Waals surface area contributed by atoms with Crippen LogP contribution in [0.2, 0.25) is 5.02 Å². The minimum Gasteiger partial charge on any atom is -0.484 e. The molecule has 0 saturated carbocycles. The molecule has 3 aromatic carbocycles. The van der Waals surface area contributed by atoms with Crippen molar-refractivity contribution in [3.05, 3.63) is 83.1 Å². The Kier molecular flexibility index (Phi) is 7.52. The predicted molar refractivity (Wildman–Crippen MR) is 133 cm³/mol. The lowest BCUT2D eigenvalue weighted by molar-refractivity contribution is -0.148. The van der Waals surface area contributed by atoms with E-state index >= 15 is 0 Å². The van der Waals surface area contributed by atoms with Crippen LogP contribution < -0.4 is 20.1 Å². The van der Waals surface area contributed by atoms with Gasteiger partial charge in [0, 0.05) is 5.69 Å². The second-order valence-electron chi connectivity index (χ2n) is 8.00. The molecule has 3 aromatic rings. The van der Waals surface area contributed by atoms with E-state index in [2.05, 4.69) is 5.32 Å². The van der Waals surface area contributed by atoms with Crippen molar-refractivity contribution in [1.29, 1.82) is 0 Å². The average molecular weight is 550 g/mol. The fourth-order valence-electron chi connectivity index (χ4n) is 3.63. The highest BCUT2D eigenvalue weighted by molar-refractivity contribution is 7.92. The van der Waals surface area contributed by atoms with Gasteiger partial charge in [0.15, 0.2) is 0 Å². The number of esters is 1. The normalized spacial score (nSPS) is 15.8. The fraction of sp³-hybridized carbons (Fsp3) is 0.167. The number of anilines is 2. The van der Waals surface area contributed by atoms with E-state index in [1.807, 2.05) is 6.07 Å². The summed E-state index contributed by atoms with van der Waals surface area (Å²) >= 11 is 5.81. The third-order valence-corrected chi connectivity index (χ3v) is 7.54. The third-order valence-electron chi connectivity index (χ3n) is 5.48. The molecule has 10 nitrogen and oxygen atoms in total. The van der Waals surface area contributed by atoms with Crippen molar-refractivity contribution < 1.29 is 37.0 Å². The molecule has 4 N–H and O–H groups in total. The van der Waals surface area contributed by atoms with Crippen molar-refractivity contribution in [3.8, 4) is 5.75 Å². The Bertz CT molecular complexity index is 1440. The topological polar surface area (TPSA) is 148 Å². The minimum atomic E-state index is -4.39. The number of ether oxygens (including phenoxy) is 2. The van der Waals surface area contributed by atoms with E-state index in [0.717, 1.165) is 28.1 Å². The number of hydrogen-bond acceptors (Lipinski definition) is 7. The van der Waals surface area contributed by atoms with Crippen LogP contribution in [0, 0.1) is 5.82 Å². The number of amides is 1. The van der Waals surface area contributed by atoms with Crippen molar-refractivity contribution in [3.63, 3.8) is 0 Å². The summed E-state index contributed by atoms with van der Waals surface area (Å²) in [4.78, 5) is 23.4. The first kappa shape index (κ1) is 26.2. The Balaban J connectivity index is 1.66. The third kappa shape index (κ3) is 5.77. The molecule has 1 heterocycles. The van der Waals surface area contributed by atoms with Crippen molar-refractivity contribution in [2.24, 2.45) is 5.73 Å². The molecule has 1 aliphatic heterocycles. The quantitative estimate of drug-likeness (QED) is 0.379. The number of hydrogen-bond donors (Lipinski definition) is 3. The monoisotopic (exact) mass is 549 g/mol. The van der Waals surface area contributed by atoms with Gasteiger partial charge in [-0.2, -0.15) is 0 Å². The molecule has 2 atom stereocenters. The van der Waals surface area contributed by atoms with Crippen molar-refractivity contribution >= 4 is 45.1 Å².